The minimum atomic E-state index is -4.48. The largest absolute Gasteiger partial charge is 0.416 e. The van der Waals surface area contributed by atoms with E-state index in [2.05, 4.69) is 4.98 Å². The van der Waals surface area contributed by atoms with Gasteiger partial charge in [-0.15, -0.1) is 0 Å². The van der Waals surface area contributed by atoms with Gasteiger partial charge in [0.1, 0.15) is 5.82 Å². The molecule has 2 heterocycles. The third-order valence-electron chi connectivity index (χ3n) is 4.41. The van der Waals surface area contributed by atoms with Gasteiger partial charge in [0.15, 0.2) is 0 Å². The Morgan fingerprint density at radius 3 is 2.65 bits per heavy atom. The van der Waals surface area contributed by atoms with Crippen molar-refractivity contribution in [1.82, 2.24) is 9.55 Å². The molecular weight excluding hydrogens is 365 g/mol. The summed E-state index contributed by atoms with van der Waals surface area (Å²) in [5.41, 5.74) is 0.436. The predicted molar refractivity (Wildman–Crippen MR) is 94.9 cm³/mol. The van der Waals surface area contributed by atoms with E-state index in [1.54, 1.807) is 6.07 Å². The number of aromatic nitrogens is 2. The predicted octanol–water partition coefficient (Wildman–Crippen LogP) is 5.01. The van der Waals surface area contributed by atoms with Gasteiger partial charge in [-0.3, -0.25) is 9.36 Å². The van der Waals surface area contributed by atoms with Crippen LogP contribution in [0.2, 0.25) is 5.02 Å². The number of allylic oxidation sites excluding steroid dienone is 1. The van der Waals surface area contributed by atoms with Crippen LogP contribution in [-0.4, -0.2) is 9.55 Å². The van der Waals surface area contributed by atoms with E-state index in [1.165, 1.54) is 10.6 Å². The van der Waals surface area contributed by atoms with Crippen molar-refractivity contribution < 1.29 is 13.2 Å². The van der Waals surface area contributed by atoms with Crippen LogP contribution in [0, 0.1) is 0 Å². The molecule has 1 aliphatic heterocycles. The van der Waals surface area contributed by atoms with Gasteiger partial charge in [0, 0.05) is 11.6 Å². The molecule has 3 nitrogen and oxygen atoms in total. The van der Waals surface area contributed by atoms with Crippen LogP contribution in [-0.2, 0) is 12.7 Å². The van der Waals surface area contributed by atoms with E-state index in [1.807, 2.05) is 24.3 Å². The molecule has 0 amide bonds. The van der Waals surface area contributed by atoms with Crippen molar-refractivity contribution in [1.29, 1.82) is 0 Å². The molecular formula is C19H12ClF3N2O. The second-order valence-corrected chi connectivity index (χ2v) is 6.47. The Hall–Kier alpha value is -2.60. The number of benzene rings is 2. The first kappa shape index (κ1) is 16.8. The van der Waals surface area contributed by atoms with Crippen LogP contribution in [0.1, 0.15) is 23.4 Å². The van der Waals surface area contributed by atoms with E-state index in [4.69, 9.17) is 11.6 Å². The molecule has 1 aromatic heterocycles. The highest BCUT2D eigenvalue weighted by atomic mass is 35.5. The summed E-state index contributed by atoms with van der Waals surface area (Å²) in [6.07, 6.45) is -2.09. The van der Waals surface area contributed by atoms with E-state index < -0.39 is 11.7 Å². The molecule has 2 aromatic carbocycles. The monoisotopic (exact) mass is 376 g/mol. The van der Waals surface area contributed by atoms with E-state index in [0.29, 0.717) is 23.8 Å². The van der Waals surface area contributed by atoms with Crippen LogP contribution < -0.4 is 5.56 Å². The molecule has 0 N–H and O–H groups in total. The number of rotatable bonds is 1. The van der Waals surface area contributed by atoms with Crippen molar-refractivity contribution in [2.24, 2.45) is 0 Å². The average molecular weight is 377 g/mol. The number of nitrogens with zero attached hydrogens (tertiary/aromatic N) is 2. The van der Waals surface area contributed by atoms with Gasteiger partial charge in [-0.05, 0) is 47.9 Å². The fourth-order valence-electron chi connectivity index (χ4n) is 3.11. The normalized spacial score (nSPS) is 15.6. The zero-order chi connectivity index (χ0) is 18.5. The molecule has 132 valence electrons. The Morgan fingerprint density at radius 1 is 1.15 bits per heavy atom. The number of alkyl halides is 3. The molecule has 0 bridgehead atoms. The number of hydrogen-bond donors (Lipinski definition) is 0. The van der Waals surface area contributed by atoms with Gasteiger partial charge in [0.05, 0.1) is 16.5 Å². The molecule has 0 atom stereocenters. The Labute approximate surface area is 151 Å². The first-order valence-corrected chi connectivity index (χ1v) is 8.29. The Bertz CT molecular complexity index is 1120. The van der Waals surface area contributed by atoms with Gasteiger partial charge in [0.2, 0.25) is 0 Å². The van der Waals surface area contributed by atoms with Crippen LogP contribution in [0.3, 0.4) is 0 Å². The Morgan fingerprint density at radius 2 is 1.92 bits per heavy atom. The van der Waals surface area contributed by atoms with E-state index in [0.717, 1.165) is 23.3 Å². The molecule has 0 aliphatic carbocycles. The minimum absolute atomic E-state index is 0.0445. The summed E-state index contributed by atoms with van der Waals surface area (Å²) in [6, 6.07) is 10.2. The van der Waals surface area contributed by atoms with Crippen LogP contribution in [0.4, 0.5) is 13.2 Å². The maximum atomic E-state index is 13.0. The number of fused-ring (bicyclic) bond motifs is 2. The molecule has 1 aliphatic rings. The second-order valence-electron chi connectivity index (χ2n) is 6.06. The summed E-state index contributed by atoms with van der Waals surface area (Å²) < 4.78 is 40.4. The van der Waals surface area contributed by atoms with Crippen molar-refractivity contribution >= 4 is 34.2 Å². The quantitative estimate of drug-likeness (QED) is 0.598. The lowest BCUT2D eigenvalue weighted by Gasteiger charge is -2.09. The SMILES string of the molecule is O=c1c2ccc(C(F)(F)F)cc2nc2n1CC/C2=C\c1ccccc1Cl. The third-order valence-corrected chi connectivity index (χ3v) is 4.75. The number of halogens is 4. The molecule has 0 unspecified atom stereocenters. The maximum absolute atomic E-state index is 13.0. The molecule has 0 saturated heterocycles. The fourth-order valence-corrected chi connectivity index (χ4v) is 3.30. The van der Waals surface area contributed by atoms with Crippen molar-refractivity contribution in [3.05, 3.63) is 74.8 Å². The van der Waals surface area contributed by atoms with E-state index in [-0.39, 0.29) is 16.5 Å². The van der Waals surface area contributed by atoms with Gasteiger partial charge in [-0.25, -0.2) is 4.98 Å². The smallest absolute Gasteiger partial charge is 0.292 e. The molecule has 0 radical (unpaired) electrons. The Kier molecular flexibility index (Phi) is 3.88. The summed E-state index contributed by atoms with van der Waals surface area (Å²) in [6.45, 7) is 0.439. The van der Waals surface area contributed by atoms with Crippen molar-refractivity contribution in [3.63, 3.8) is 0 Å². The van der Waals surface area contributed by atoms with Gasteiger partial charge >= 0.3 is 6.18 Å². The maximum Gasteiger partial charge on any atom is 0.416 e. The van der Waals surface area contributed by atoms with Crippen molar-refractivity contribution in [2.75, 3.05) is 0 Å². The molecule has 26 heavy (non-hydrogen) atoms. The molecule has 0 saturated carbocycles. The van der Waals surface area contributed by atoms with Crippen molar-refractivity contribution in [3.8, 4) is 0 Å². The lowest BCUT2D eigenvalue weighted by Crippen LogP contribution is -2.21. The van der Waals surface area contributed by atoms with Crippen LogP contribution in [0.25, 0.3) is 22.6 Å². The van der Waals surface area contributed by atoms with Gasteiger partial charge < -0.3 is 0 Å². The topological polar surface area (TPSA) is 34.9 Å². The third kappa shape index (κ3) is 2.80. The average Bonchev–Trinajstić information content (AvgIpc) is 2.99. The van der Waals surface area contributed by atoms with Crippen molar-refractivity contribution in [2.45, 2.75) is 19.1 Å². The lowest BCUT2D eigenvalue weighted by molar-refractivity contribution is -0.137. The standard InChI is InChI=1S/C19H12ClF3N2O/c20-15-4-2-1-3-11(15)9-12-7-8-25-17(12)24-16-10-13(19(21,22)23)5-6-14(16)18(25)26/h1-6,9-10H,7-8H2/b12-9+. The lowest BCUT2D eigenvalue weighted by atomic mass is 10.1. The highest BCUT2D eigenvalue weighted by Gasteiger charge is 2.31. The molecule has 7 heteroatoms. The summed E-state index contributed by atoms with van der Waals surface area (Å²) >= 11 is 6.17. The summed E-state index contributed by atoms with van der Waals surface area (Å²) in [5, 5.41) is 0.738. The zero-order valence-corrected chi connectivity index (χ0v) is 14.1. The first-order valence-electron chi connectivity index (χ1n) is 7.92. The van der Waals surface area contributed by atoms with Gasteiger partial charge in [0.25, 0.3) is 5.56 Å². The zero-order valence-electron chi connectivity index (χ0n) is 13.3. The molecule has 0 spiro atoms. The van der Waals surface area contributed by atoms with E-state index >= 15 is 0 Å². The highest BCUT2D eigenvalue weighted by molar-refractivity contribution is 6.32. The highest BCUT2D eigenvalue weighted by Crippen LogP contribution is 2.32. The summed E-state index contributed by atoms with van der Waals surface area (Å²) in [4.78, 5) is 17.0. The van der Waals surface area contributed by atoms with Crippen LogP contribution in [0.15, 0.2) is 47.3 Å². The van der Waals surface area contributed by atoms with Crippen LogP contribution >= 0.6 is 11.6 Å². The summed E-state index contributed by atoms with van der Waals surface area (Å²) in [5.74, 6) is 0.391. The molecule has 3 aromatic rings. The van der Waals surface area contributed by atoms with Crippen LogP contribution in [0.5, 0.6) is 0 Å². The van der Waals surface area contributed by atoms with Gasteiger partial charge in [-0.2, -0.15) is 13.2 Å². The number of hydrogen-bond acceptors (Lipinski definition) is 2. The van der Waals surface area contributed by atoms with E-state index in [9.17, 15) is 18.0 Å². The molecule has 4 rings (SSSR count). The first-order chi connectivity index (χ1) is 12.3. The second kappa shape index (κ2) is 5.99. The van der Waals surface area contributed by atoms with Gasteiger partial charge in [-0.1, -0.05) is 29.8 Å². The minimum Gasteiger partial charge on any atom is -0.292 e. The molecule has 0 fully saturated rings. The summed E-state index contributed by atoms with van der Waals surface area (Å²) in [7, 11) is 0. The fraction of sp³-hybridized carbons (Fsp3) is 0.158. The Balaban J connectivity index is 1.91.